The zero-order valence-electron chi connectivity index (χ0n) is 12.5. The molecule has 0 amide bonds. The Morgan fingerprint density at radius 1 is 1.18 bits per heavy atom. The molecule has 1 atom stereocenters. The molecule has 6 heteroatoms. The summed E-state index contributed by atoms with van der Waals surface area (Å²) in [5.41, 5.74) is 0.853. The zero-order chi connectivity index (χ0) is 15.5. The van der Waals surface area contributed by atoms with Crippen molar-refractivity contribution in [3.8, 4) is 5.75 Å². The Hall–Kier alpha value is -0.520. The van der Waals surface area contributed by atoms with Crippen LogP contribution in [-0.4, -0.2) is 49.4 Å². The minimum absolute atomic E-state index is 0.141. The van der Waals surface area contributed by atoms with Crippen LogP contribution in [-0.2, 0) is 4.74 Å². The number of hydrogen-bond acceptors (Lipinski definition) is 4. The number of halogens is 2. The summed E-state index contributed by atoms with van der Waals surface area (Å²) in [6.45, 7) is 5.42. The number of nitrogens with zero attached hydrogens (tertiary/aromatic N) is 1. The van der Waals surface area contributed by atoms with Crippen LogP contribution < -0.4 is 5.32 Å². The molecule has 0 saturated carbocycles. The maximum Gasteiger partial charge on any atom is 0.139 e. The minimum Gasteiger partial charge on any atom is -0.506 e. The molecule has 1 aromatic carbocycles. The van der Waals surface area contributed by atoms with E-state index in [1.165, 1.54) is 0 Å². The minimum atomic E-state index is 0.141. The lowest BCUT2D eigenvalue weighted by molar-refractivity contribution is 0.0206. The molecule has 122 valence electrons. The summed E-state index contributed by atoms with van der Waals surface area (Å²) in [6, 6.07) is 3.60. The number of hydrogen-bond donors (Lipinski definition) is 2. The van der Waals surface area contributed by atoms with Crippen molar-refractivity contribution in [2.24, 2.45) is 5.92 Å². The van der Waals surface area contributed by atoms with Crippen molar-refractivity contribution in [3.05, 3.63) is 27.7 Å². The topological polar surface area (TPSA) is 44.7 Å². The highest BCUT2D eigenvalue weighted by Gasteiger charge is 2.33. The first kappa shape index (κ1) is 16.3. The molecule has 0 unspecified atom stereocenters. The first-order valence-corrected chi connectivity index (χ1v) is 8.63. The molecule has 0 aliphatic carbocycles. The van der Waals surface area contributed by atoms with E-state index in [1.807, 2.05) is 6.07 Å². The van der Waals surface area contributed by atoms with Gasteiger partial charge in [-0.3, -0.25) is 4.90 Å². The highest BCUT2D eigenvalue weighted by atomic mass is 35.5. The molecular weight excluding hydrogens is 323 g/mol. The molecule has 4 nitrogen and oxygen atoms in total. The Morgan fingerprint density at radius 3 is 2.55 bits per heavy atom. The normalized spacial score (nSPS) is 22.6. The molecule has 2 heterocycles. The van der Waals surface area contributed by atoms with Gasteiger partial charge in [0.05, 0.1) is 5.02 Å². The van der Waals surface area contributed by atoms with Gasteiger partial charge in [0, 0.05) is 56.0 Å². The average molecular weight is 345 g/mol. The van der Waals surface area contributed by atoms with Gasteiger partial charge in [0.1, 0.15) is 5.75 Å². The smallest absolute Gasteiger partial charge is 0.139 e. The predicted molar refractivity (Wildman–Crippen MR) is 88.9 cm³/mol. The summed E-state index contributed by atoms with van der Waals surface area (Å²) in [6.07, 6.45) is 2.00. The number of ether oxygens (including phenoxy) is 1. The van der Waals surface area contributed by atoms with Gasteiger partial charge in [-0.15, -0.1) is 0 Å². The van der Waals surface area contributed by atoms with Crippen LogP contribution in [0.25, 0.3) is 0 Å². The van der Waals surface area contributed by atoms with Crippen LogP contribution in [0.2, 0.25) is 10.0 Å². The Bertz CT molecular complexity index is 497. The average Bonchev–Trinajstić information content (AvgIpc) is 2.54. The van der Waals surface area contributed by atoms with Gasteiger partial charge >= 0.3 is 0 Å². The van der Waals surface area contributed by atoms with Crippen molar-refractivity contribution < 1.29 is 9.84 Å². The van der Waals surface area contributed by atoms with Gasteiger partial charge in [-0.25, -0.2) is 0 Å². The fourth-order valence-electron chi connectivity index (χ4n) is 3.55. The molecule has 0 radical (unpaired) electrons. The first-order valence-electron chi connectivity index (χ1n) is 7.87. The Labute approximate surface area is 141 Å². The van der Waals surface area contributed by atoms with Crippen LogP contribution in [0.5, 0.6) is 5.75 Å². The number of aromatic hydroxyl groups is 1. The molecular formula is C16H22Cl2N2O2. The van der Waals surface area contributed by atoms with Gasteiger partial charge in [0.25, 0.3) is 0 Å². The Morgan fingerprint density at radius 2 is 1.86 bits per heavy atom. The number of piperazine rings is 1. The van der Waals surface area contributed by atoms with Crippen LogP contribution in [0.3, 0.4) is 0 Å². The van der Waals surface area contributed by atoms with E-state index in [4.69, 9.17) is 27.9 Å². The highest BCUT2D eigenvalue weighted by molar-refractivity contribution is 6.35. The van der Waals surface area contributed by atoms with Crippen LogP contribution in [0.15, 0.2) is 12.1 Å². The fraction of sp³-hybridized carbons (Fsp3) is 0.625. The van der Waals surface area contributed by atoms with Crippen molar-refractivity contribution in [1.29, 1.82) is 0 Å². The van der Waals surface area contributed by atoms with Crippen LogP contribution in [0.1, 0.15) is 24.4 Å². The zero-order valence-corrected chi connectivity index (χ0v) is 14.0. The predicted octanol–water partition coefficient (Wildman–Crippen LogP) is 3.07. The molecule has 2 aliphatic rings. The molecule has 2 fully saturated rings. The molecule has 0 spiro atoms. The van der Waals surface area contributed by atoms with E-state index in [9.17, 15) is 5.11 Å². The van der Waals surface area contributed by atoms with E-state index >= 15 is 0 Å². The maximum atomic E-state index is 10.5. The monoisotopic (exact) mass is 344 g/mol. The SMILES string of the molecule is Oc1c(Cl)cc(Cl)cc1[C@@H](C1CCOCC1)N1CCNCC1. The van der Waals surface area contributed by atoms with Crippen LogP contribution >= 0.6 is 23.2 Å². The molecule has 1 aromatic rings. The molecule has 2 N–H and O–H groups in total. The molecule has 0 aromatic heterocycles. The van der Waals surface area contributed by atoms with Crippen molar-refractivity contribution in [2.75, 3.05) is 39.4 Å². The lowest BCUT2D eigenvalue weighted by Gasteiger charge is -2.41. The van der Waals surface area contributed by atoms with Crippen molar-refractivity contribution in [1.82, 2.24) is 10.2 Å². The number of phenolic OH excluding ortho intramolecular Hbond substituents is 1. The Balaban J connectivity index is 1.96. The van der Waals surface area contributed by atoms with Crippen molar-refractivity contribution in [3.63, 3.8) is 0 Å². The molecule has 22 heavy (non-hydrogen) atoms. The summed E-state index contributed by atoms with van der Waals surface area (Å²) in [4.78, 5) is 2.44. The second-order valence-electron chi connectivity index (χ2n) is 6.01. The quantitative estimate of drug-likeness (QED) is 0.884. The third kappa shape index (κ3) is 3.52. The van der Waals surface area contributed by atoms with Gasteiger partial charge in [0.15, 0.2) is 0 Å². The van der Waals surface area contributed by atoms with Crippen molar-refractivity contribution >= 4 is 23.2 Å². The van der Waals surface area contributed by atoms with Gasteiger partial charge in [-0.05, 0) is 30.9 Å². The largest absolute Gasteiger partial charge is 0.506 e. The third-order valence-electron chi connectivity index (χ3n) is 4.63. The first-order chi connectivity index (χ1) is 10.7. The lowest BCUT2D eigenvalue weighted by Crippen LogP contribution is -2.47. The maximum absolute atomic E-state index is 10.5. The second-order valence-corrected chi connectivity index (χ2v) is 6.85. The van der Waals surface area contributed by atoms with Gasteiger partial charge in [0.2, 0.25) is 0 Å². The summed E-state index contributed by atoms with van der Waals surface area (Å²) < 4.78 is 5.51. The summed E-state index contributed by atoms with van der Waals surface area (Å²) in [5.74, 6) is 0.619. The molecule has 2 saturated heterocycles. The third-order valence-corrected chi connectivity index (χ3v) is 5.14. The lowest BCUT2D eigenvalue weighted by atomic mass is 9.85. The van der Waals surface area contributed by atoms with E-state index in [0.717, 1.165) is 57.8 Å². The molecule has 2 aliphatic heterocycles. The molecule has 3 rings (SSSR count). The van der Waals surface area contributed by atoms with Crippen molar-refractivity contribution in [2.45, 2.75) is 18.9 Å². The summed E-state index contributed by atoms with van der Waals surface area (Å²) in [7, 11) is 0. The van der Waals surface area contributed by atoms with Gasteiger partial charge in [-0.2, -0.15) is 0 Å². The fourth-order valence-corrected chi connectivity index (χ4v) is 4.06. The number of nitrogens with one attached hydrogen (secondary N) is 1. The number of rotatable bonds is 3. The van der Waals surface area contributed by atoms with Crippen LogP contribution in [0.4, 0.5) is 0 Å². The highest BCUT2D eigenvalue weighted by Crippen LogP contribution is 2.43. The standard InChI is InChI=1S/C16H22Cl2N2O2/c17-12-9-13(16(21)14(18)10-12)15(11-1-7-22-8-2-11)20-5-3-19-4-6-20/h9-11,15,19,21H,1-8H2/t15-/m1/s1. The van der Waals surface area contributed by atoms with Gasteiger partial charge in [-0.1, -0.05) is 23.2 Å². The Kier molecular flexibility index (Phi) is 5.47. The van der Waals surface area contributed by atoms with E-state index in [2.05, 4.69) is 10.2 Å². The van der Waals surface area contributed by atoms with E-state index in [-0.39, 0.29) is 11.8 Å². The van der Waals surface area contributed by atoms with Crippen LogP contribution in [0, 0.1) is 5.92 Å². The van der Waals surface area contributed by atoms with Gasteiger partial charge < -0.3 is 15.2 Å². The molecule has 0 bridgehead atoms. The summed E-state index contributed by atoms with van der Waals surface area (Å²) in [5, 5.41) is 14.8. The number of benzene rings is 1. The van der Waals surface area contributed by atoms with E-state index < -0.39 is 0 Å². The number of phenols is 1. The summed E-state index contributed by atoms with van der Waals surface area (Å²) >= 11 is 12.3. The van der Waals surface area contributed by atoms with E-state index in [0.29, 0.717) is 16.0 Å². The second kappa shape index (κ2) is 7.37. The van der Waals surface area contributed by atoms with E-state index in [1.54, 1.807) is 6.07 Å².